The molecule has 27 heteroatoms. The van der Waals surface area contributed by atoms with Gasteiger partial charge in [-0.15, -0.1) is 15.5 Å². The number of rotatable bonds is 13. The summed E-state index contributed by atoms with van der Waals surface area (Å²) in [6.45, 7) is 3.91. The van der Waals surface area contributed by atoms with E-state index in [-0.39, 0.29) is 138 Å². The van der Waals surface area contributed by atoms with Crippen LogP contribution in [0.4, 0.5) is 0 Å². The molecule has 0 unspecified atom stereocenters. The number of imidazole rings is 3. The van der Waals surface area contributed by atoms with Crippen LogP contribution in [0.3, 0.4) is 0 Å². The number of benzene rings is 6. The van der Waals surface area contributed by atoms with Crippen molar-refractivity contribution >= 4 is 51.9 Å². The number of hydrogen-bond acceptors (Lipinski definition) is 15. The third kappa shape index (κ3) is 26.7. The van der Waals surface area contributed by atoms with Crippen molar-refractivity contribution in [2.24, 2.45) is 0 Å². The van der Waals surface area contributed by atoms with Crippen LogP contribution in [0, 0.1) is 13.8 Å². The molecule has 0 saturated carbocycles. The maximum atomic E-state index is 11.6. The molecule has 0 N–H and O–H groups in total. The van der Waals surface area contributed by atoms with Crippen molar-refractivity contribution in [3.05, 3.63) is 361 Å². The number of pyridine rings is 6. The van der Waals surface area contributed by atoms with E-state index >= 15 is 0 Å². The average molecular weight is 2510 g/mol. The quantitative estimate of drug-likeness (QED) is 0.0259. The largest absolute Gasteiger partial charge is 0.656 e. The van der Waals surface area contributed by atoms with E-state index in [1.807, 2.05) is 172 Å². The Morgan fingerprint density at radius 3 is 1.31 bits per heavy atom. The van der Waals surface area contributed by atoms with Gasteiger partial charge in [-0.3, -0.25) is 29.9 Å². The van der Waals surface area contributed by atoms with Gasteiger partial charge < -0.3 is 64.2 Å². The summed E-state index contributed by atoms with van der Waals surface area (Å²) in [5.74, 6) is 0.944. The van der Waals surface area contributed by atoms with Crippen LogP contribution >= 0.6 is 12.2 Å². The van der Waals surface area contributed by atoms with E-state index in [0.29, 0.717) is 35.2 Å². The molecule has 0 aliphatic heterocycles. The van der Waals surface area contributed by atoms with Gasteiger partial charge in [-0.25, -0.2) is 0 Å². The molecule has 107 heavy (non-hydrogen) atoms. The second-order valence-electron chi connectivity index (χ2n) is 21.2. The van der Waals surface area contributed by atoms with Crippen molar-refractivity contribution in [2.45, 2.75) is 13.8 Å². The Bertz CT molecular complexity index is 4900. The van der Waals surface area contributed by atoms with Gasteiger partial charge in [-0.2, -0.15) is 0 Å². The molecular formula is C80H59N15O5Pt6S-6. The van der Waals surface area contributed by atoms with Crippen molar-refractivity contribution in [1.29, 1.82) is 0 Å². The van der Waals surface area contributed by atoms with Crippen LogP contribution in [-0.2, 0) is 131 Å². The molecule has 0 fully saturated rings. The predicted octanol–water partition coefficient (Wildman–Crippen LogP) is 16.9. The first-order chi connectivity index (χ1) is 49.7. The van der Waals surface area contributed by atoms with E-state index in [9.17, 15) is 14.4 Å². The van der Waals surface area contributed by atoms with E-state index in [4.69, 9.17) is 19.2 Å². The van der Waals surface area contributed by atoms with Crippen LogP contribution in [0.15, 0.2) is 322 Å². The summed E-state index contributed by atoms with van der Waals surface area (Å²) in [6.07, 6.45) is 10.0. The first-order valence-electron chi connectivity index (χ1n) is 31.4. The third-order valence-electron chi connectivity index (χ3n) is 14.3. The van der Waals surface area contributed by atoms with Gasteiger partial charge >= 0.3 is 0 Å². The molecule has 556 valence electrons. The first kappa shape index (κ1) is 88.1. The van der Waals surface area contributed by atoms with E-state index < -0.39 is 17.7 Å². The van der Waals surface area contributed by atoms with Crippen LogP contribution in [-0.4, -0.2) is 62.6 Å². The molecule has 20 nitrogen and oxygen atoms in total. The second kappa shape index (κ2) is 47.2. The van der Waals surface area contributed by atoms with Crippen LogP contribution in [0.5, 0.6) is 5.75 Å². The summed E-state index contributed by atoms with van der Waals surface area (Å²) in [5, 5.41) is 4.64. The minimum absolute atomic E-state index is 0. The Balaban J connectivity index is 0.000000230. The van der Waals surface area contributed by atoms with Crippen LogP contribution in [0.2, 0.25) is 0 Å². The number of fused-ring (bicyclic) bond motifs is 2. The van der Waals surface area contributed by atoms with Crippen LogP contribution in [0.1, 0.15) is 42.7 Å². The second-order valence-corrected chi connectivity index (χ2v) is 21.7. The monoisotopic (exact) mass is 2510 g/mol. The number of nitrogens with zero attached hydrogens (tertiary/aromatic N) is 15. The molecule has 0 radical (unpaired) electrons. The summed E-state index contributed by atoms with van der Waals surface area (Å²) < 4.78 is 8.29. The molecule has 3 amide bonds. The zero-order valence-electron chi connectivity index (χ0n) is 56.2. The maximum absolute atomic E-state index is 11.6. The number of amides is 3. The Morgan fingerprint density at radius 1 is 0.374 bits per heavy atom. The fourth-order valence-electron chi connectivity index (χ4n) is 9.24. The fourth-order valence-corrected chi connectivity index (χ4v) is 9.54. The fraction of sp³-hybridized carbons (Fsp3) is 0.0250. The molecule has 0 saturated heterocycles. The molecule has 10 aromatic heterocycles. The van der Waals surface area contributed by atoms with Gasteiger partial charge in [0.15, 0.2) is 5.75 Å². The predicted molar refractivity (Wildman–Crippen MR) is 391 cm³/mol. The Kier molecular flexibility index (Phi) is 38.9. The van der Waals surface area contributed by atoms with Crippen molar-refractivity contribution in [3.8, 4) is 74.2 Å². The molecule has 0 bridgehead atoms. The number of para-hydroxylation sites is 4. The standard InChI is InChI=1S/C20H14N3.C13H10N2O2.C13H9N2.C12H8N3.C12H10N2O3S.C10H10N3.6Pt/c1-3-9-15(10-4-1)18-19(16-11-5-2-6-12-16)23-20(22-18)17-13-7-8-14-21-17;16-12(10-6-2-1-3-7-10)15-13(17)11-8-4-5-9-14-11;1-2-6-11-10(5-1)9-13(15-11)12-7-3-4-8-14-12;1-2-6-10-9(5-1)14-12(15-10)11-7-3-4-8-13-11;15-12(11-8-4-5-9-13-11)14-18-17-16-10-6-2-1-3-7-10;1-7-8(2)13-10(12-7)9-5-3-4-6-11-9;;;;;;/h1-14H;1-9H,(H,15,16,17);1-9H;1-8H;1-9H,(H,14,15);3-6H,1-2H3;;;;;;/q-1;;2*-1;;-1;;;;;;/p-2. The molecule has 0 atom stereocenters. The minimum atomic E-state index is -0.626. The van der Waals surface area contributed by atoms with Gasteiger partial charge in [-0.05, 0) is 173 Å². The Labute approximate surface area is 708 Å². The van der Waals surface area contributed by atoms with Crippen molar-refractivity contribution in [1.82, 2.24) is 64.8 Å². The SMILES string of the molecule is Cc1nc(-c2ccccn2)[n-]c1C.O=C([N-]C(=O)c1ccccn1)c1ccccc1.O=C([N-]SOOc1ccccc1)c1ccccn1.[Pt].[Pt].[Pt].[Pt].[Pt].[Pt].c1ccc(-c2cc3ccccc3[n-]2)nc1.c1ccc(-c2nc(-c3ccccn3)[n-]c2-c2ccccc2)cc1.c1ccc(-c2nc3ccccc3[n-]2)nc1. The van der Waals surface area contributed by atoms with Crippen molar-refractivity contribution in [3.63, 3.8) is 0 Å². The molecule has 6 aromatic carbocycles. The normalized spacial score (nSPS) is 9.70. The molecule has 0 spiro atoms. The molecule has 0 aliphatic rings. The van der Waals surface area contributed by atoms with Gasteiger partial charge in [-0.1, -0.05) is 212 Å². The summed E-state index contributed by atoms with van der Waals surface area (Å²) in [6, 6.07) is 88.6. The van der Waals surface area contributed by atoms with Gasteiger partial charge in [0.25, 0.3) is 0 Å². The minimum Gasteiger partial charge on any atom is -0.656 e. The Morgan fingerprint density at radius 2 is 0.813 bits per heavy atom. The number of aromatic nitrogens is 13. The zero-order valence-corrected chi connectivity index (χ0v) is 70.6. The zero-order chi connectivity index (χ0) is 69.6. The summed E-state index contributed by atoms with van der Waals surface area (Å²) in [4.78, 5) is 95.7. The van der Waals surface area contributed by atoms with E-state index in [1.54, 1.807) is 110 Å². The summed E-state index contributed by atoms with van der Waals surface area (Å²) in [5.41, 5.74) is 13.8. The van der Waals surface area contributed by atoms with Gasteiger partial charge in [0.1, 0.15) is 11.8 Å². The van der Waals surface area contributed by atoms with Gasteiger partial charge in [0.05, 0.1) is 34.4 Å². The molecule has 0 aliphatic carbocycles. The summed E-state index contributed by atoms with van der Waals surface area (Å²) >= 11 is 0.564. The van der Waals surface area contributed by atoms with Gasteiger partial charge in [0, 0.05) is 169 Å². The summed E-state index contributed by atoms with van der Waals surface area (Å²) in [7, 11) is 0. The number of hydrogen-bond donors (Lipinski definition) is 0. The molecule has 10 heterocycles. The molecular weight excluding hydrogens is 2450 g/mol. The number of carbonyl (C=O) groups is 3. The van der Waals surface area contributed by atoms with Crippen molar-refractivity contribution < 1.29 is 150 Å². The first-order valence-corrected chi connectivity index (χ1v) is 32.1. The van der Waals surface area contributed by atoms with E-state index in [2.05, 4.69) is 101 Å². The van der Waals surface area contributed by atoms with Crippen LogP contribution in [0.25, 0.3) is 100 Å². The topological polar surface area (TPSA) is 270 Å². The molecule has 16 aromatic rings. The number of aryl methyl sites for hydroxylation is 2. The Hall–Kier alpha value is -9.50. The molecule has 16 rings (SSSR count). The van der Waals surface area contributed by atoms with Gasteiger partial charge in [0.2, 0.25) is 0 Å². The maximum Gasteiger partial charge on any atom is 0.166 e. The average Bonchev–Trinajstić information content (AvgIpc) is 1.68. The van der Waals surface area contributed by atoms with Crippen molar-refractivity contribution in [2.75, 3.05) is 0 Å². The number of carbonyl (C=O) groups excluding carboxylic acids is 3. The van der Waals surface area contributed by atoms with E-state index in [0.717, 1.165) is 90.1 Å². The van der Waals surface area contributed by atoms with E-state index in [1.165, 1.54) is 18.5 Å². The number of imide groups is 1. The third-order valence-corrected chi connectivity index (χ3v) is 14.6. The van der Waals surface area contributed by atoms with Crippen LogP contribution < -0.4 is 24.8 Å². The smallest absolute Gasteiger partial charge is 0.166 e.